The number of piperidine rings is 1. The Balaban J connectivity index is 1.76. The first-order valence-electron chi connectivity index (χ1n) is 10.3. The number of rotatable bonds is 4. The molecule has 0 aliphatic carbocycles. The highest BCUT2D eigenvalue weighted by atomic mass is 16.2. The summed E-state index contributed by atoms with van der Waals surface area (Å²) < 4.78 is 1.81. The van der Waals surface area contributed by atoms with Gasteiger partial charge in [-0.2, -0.15) is 5.10 Å². The Bertz CT molecular complexity index is 993. The zero-order valence-corrected chi connectivity index (χ0v) is 17.1. The summed E-state index contributed by atoms with van der Waals surface area (Å²) in [6.45, 7) is 5.56. The predicted molar refractivity (Wildman–Crippen MR) is 116 cm³/mol. The molecule has 1 fully saturated rings. The van der Waals surface area contributed by atoms with Crippen LogP contribution in [0.4, 0.5) is 0 Å². The number of nitrogens with zero attached hydrogens (tertiary/aromatic N) is 3. The van der Waals surface area contributed by atoms with Crippen LogP contribution in [0.5, 0.6) is 0 Å². The van der Waals surface area contributed by atoms with Gasteiger partial charge in [0.25, 0.3) is 5.91 Å². The lowest BCUT2D eigenvalue weighted by Crippen LogP contribution is -2.45. The van der Waals surface area contributed by atoms with E-state index in [-0.39, 0.29) is 11.9 Å². The van der Waals surface area contributed by atoms with Crippen molar-refractivity contribution in [2.45, 2.75) is 32.7 Å². The lowest BCUT2D eigenvalue weighted by molar-refractivity contribution is 0.0661. The molecule has 2 N–H and O–H groups in total. The summed E-state index contributed by atoms with van der Waals surface area (Å²) in [5.41, 5.74) is 10.6. The van der Waals surface area contributed by atoms with Crippen molar-refractivity contribution in [3.63, 3.8) is 0 Å². The van der Waals surface area contributed by atoms with Gasteiger partial charge in [-0.3, -0.25) is 4.79 Å². The van der Waals surface area contributed by atoms with E-state index in [2.05, 4.69) is 13.0 Å². The monoisotopic (exact) mass is 388 g/mol. The summed E-state index contributed by atoms with van der Waals surface area (Å²) in [5.74, 6) is 0.384. The fourth-order valence-electron chi connectivity index (χ4n) is 4.07. The van der Waals surface area contributed by atoms with Crippen molar-refractivity contribution in [2.24, 2.45) is 11.7 Å². The molecule has 1 aliphatic rings. The maximum atomic E-state index is 13.5. The SMILES string of the molecule is Cc1ccccc1-c1nn(-c2ccccc2)cc1C(=O)N1CCCC(C(C)N)C1. The van der Waals surface area contributed by atoms with Crippen LogP contribution in [0.3, 0.4) is 0 Å². The first-order valence-corrected chi connectivity index (χ1v) is 10.3. The Morgan fingerprint density at radius 1 is 1.14 bits per heavy atom. The van der Waals surface area contributed by atoms with Crippen molar-refractivity contribution in [2.75, 3.05) is 13.1 Å². The van der Waals surface area contributed by atoms with Crippen LogP contribution >= 0.6 is 0 Å². The minimum atomic E-state index is 0.0378. The Morgan fingerprint density at radius 2 is 1.86 bits per heavy atom. The fourth-order valence-corrected chi connectivity index (χ4v) is 4.07. The number of amides is 1. The molecule has 5 heteroatoms. The van der Waals surface area contributed by atoms with E-state index in [1.54, 1.807) is 0 Å². The van der Waals surface area contributed by atoms with Gasteiger partial charge in [0.05, 0.1) is 11.3 Å². The van der Waals surface area contributed by atoms with E-state index >= 15 is 0 Å². The van der Waals surface area contributed by atoms with Crippen LogP contribution in [0.1, 0.15) is 35.7 Å². The maximum absolute atomic E-state index is 13.5. The van der Waals surface area contributed by atoms with Gasteiger partial charge in [0.15, 0.2) is 0 Å². The third-order valence-electron chi connectivity index (χ3n) is 5.85. The molecule has 1 aromatic heterocycles. The molecular weight excluding hydrogens is 360 g/mol. The quantitative estimate of drug-likeness (QED) is 0.733. The standard InChI is InChI=1S/C24H28N4O/c1-17-9-6-7-13-21(17)23-22(16-28(26-23)20-11-4-3-5-12-20)24(29)27-14-8-10-19(15-27)18(2)25/h3-7,9,11-13,16,18-19H,8,10,14-15,25H2,1-2H3. The van der Waals surface area contributed by atoms with E-state index in [1.807, 2.05) is 71.2 Å². The molecule has 2 atom stereocenters. The van der Waals surface area contributed by atoms with Crippen LogP contribution in [0, 0.1) is 12.8 Å². The number of aromatic nitrogens is 2. The second kappa shape index (κ2) is 8.21. The Morgan fingerprint density at radius 3 is 2.59 bits per heavy atom. The molecule has 0 radical (unpaired) electrons. The molecule has 1 saturated heterocycles. The van der Waals surface area contributed by atoms with Gasteiger partial charge in [0.1, 0.15) is 5.69 Å². The average Bonchev–Trinajstić information content (AvgIpc) is 3.19. The second-order valence-electron chi connectivity index (χ2n) is 8.00. The molecule has 0 spiro atoms. The van der Waals surface area contributed by atoms with Crippen molar-refractivity contribution < 1.29 is 4.79 Å². The second-order valence-corrected chi connectivity index (χ2v) is 8.00. The number of carbonyl (C=O) groups excluding carboxylic acids is 1. The summed E-state index contributed by atoms with van der Waals surface area (Å²) in [7, 11) is 0. The number of benzene rings is 2. The van der Waals surface area contributed by atoms with Gasteiger partial charge in [-0.15, -0.1) is 0 Å². The molecular formula is C24H28N4O. The van der Waals surface area contributed by atoms with Gasteiger partial charge in [-0.25, -0.2) is 4.68 Å². The normalized spacial score (nSPS) is 17.9. The lowest BCUT2D eigenvalue weighted by atomic mass is 9.91. The minimum absolute atomic E-state index is 0.0378. The van der Waals surface area contributed by atoms with E-state index in [0.717, 1.165) is 41.9 Å². The summed E-state index contributed by atoms with van der Waals surface area (Å²) in [6, 6.07) is 18.1. The molecule has 0 saturated carbocycles. The number of likely N-dealkylation sites (tertiary alicyclic amines) is 1. The Hall–Kier alpha value is -2.92. The van der Waals surface area contributed by atoms with Gasteiger partial charge in [0.2, 0.25) is 0 Å². The Kier molecular flexibility index (Phi) is 5.49. The van der Waals surface area contributed by atoms with Crippen LogP contribution in [-0.4, -0.2) is 39.7 Å². The van der Waals surface area contributed by atoms with Crippen LogP contribution < -0.4 is 5.73 Å². The molecule has 3 aromatic rings. The van der Waals surface area contributed by atoms with Crippen LogP contribution in [0.15, 0.2) is 60.8 Å². The van der Waals surface area contributed by atoms with E-state index in [4.69, 9.17) is 10.8 Å². The van der Waals surface area contributed by atoms with E-state index in [0.29, 0.717) is 18.0 Å². The molecule has 5 nitrogen and oxygen atoms in total. The summed E-state index contributed by atoms with van der Waals surface area (Å²) in [6.07, 6.45) is 3.94. The number of hydrogen-bond acceptors (Lipinski definition) is 3. The molecule has 1 amide bonds. The zero-order chi connectivity index (χ0) is 20.4. The molecule has 0 bridgehead atoms. The van der Waals surface area contributed by atoms with Crippen LogP contribution in [-0.2, 0) is 0 Å². The van der Waals surface area contributed by atoms with Crippen molar-refractivity contribution in [1.82, 2.24) is 14.7 Å². The Labute approximate surface area is 172 Å². The summed E-state index contributed by atoms with van der Waals surface area (Å²) >= 11 is 0. The topological polar surface area (TPSA) is 64.2 Å². The average molecular weight is 389 g/mol. The molecule has 2 unspecified atom stereocenters. The van der Waals surface area contributed by atoms with Crippen molar-refractivity contribution in [3.8, 4) is 16.9 Å². The van der Waals surface area contributed by atoms with Crippen molar-refractivity contribution in [3.05, 3.63) is 71.9 Å². The number of aryl methyl sites for hydroxylation is 1. The highest BCUT2D eigenvalue weighted by Gasteiger charge is 2.29. The zero-order valence-electron chi connectivity index (χ0n) is 17.1. The summed E-state index contributed by atoms with van der Waals surface area (Å²) in [5, 5.41) is 4.83. The molecule has 4 rings (SSSR count). The number of carbonyl (C=O) groups is 1. The maximum Gasteiger partial charge on any atom is 0.257 e. The predicted octanol–water partition coefficient (Wildman–Crippen LogP) is 4.05. The first kappa shape index (κ1) is 19.4. The third-order valence-corrected chi connectivity index (χ3v) is 5.85. The fraction of sp³-hybridized carbons (Fsp3) is 0.333. The van der Waals surface area contributed by atoms with E-state index in [9.17, 15) is 4.79 Å². The lowest BCUT2D eigenvalue weighted by Gasteiger charge is -2.34. The smallest absolute Gasteiger partial charge is 0.257 e. The number of hydrogen-bond donors (Lipinski definition) is 1. The van der Waals surface area contributed by atoms with Crippen LogP contribution in [0.2, 0.25) is 0 Å². The van der Waals surface area contributed by atoms with Gasteiger partial charge in [0, 0.05) is 30.9 Å². The highest BCUT2D eigenvalue weighted by molar-refractivity contribution is 6.00. The van der Waals surface area contributed by atoms with E-state index < -0.39 is 0 Å². The largest absolute Gasteiger partial charge is 0.338 e. The highest BCUT2D eigenvalue weighted by Crippen LogP contribution is 2.29. The summed E-state index contributed by atoms with van der Waals surface area (Å²) in [4.78, 5) is 15.5. The van der Waals surface area contributed by atoms with Crippen molar-refractivity contribution in [1.29, 1.82) is 0 Å². The molecule has 1 aliphatic heterocycles. The van der Waals surface area contributed by atoms with Gasteiger partial charge < -0.3 is 10.6 Å². The van der Waals surface area contributed by atoms with Crippen molar-refractivity contribution >= 4 is 5.91 Å². The third kappa shape index (κ3) is 3.96. The van der Waals surface area contributed by atoms with Gasteiger partial charge >= 0.3 is 0 Å². The molecule has 150 valence electrons. The van der Waals surface area contributed by atoms with Crippen LogP contribution in [0.25, 0.3) is 16.9 Å². The minimum Gasteiger partial charge on any atom is -0.338 e. The number of para-hydroxylation sites is 1. The molecule has 29 heavy (non-hydrogen) atoms. The van der Waals surface area contributed by atoms with Gasteiger partial charge in [-0.1, -0.05) is 42.5 Å². The van der Waals surface area contributed by atoms with E-state index in [1.165, 1.54) is 0 Å². The van der Waals surface area contributed by atoms with Gasteiger partial charge in [-0.05, 0) is 50.3 Å². The first-order chi connectivity index (χ1) is 14.0. The number of nitrogens with two attached hydrogens (primary N) is 1. The molecule has 2 heterocycles. The molecule has 2 aromatic carbocycles.